The molecule has 1 aliphatic heterocycles. The SMILES string of the molecule is COCCNC(=O)CC1C(=O)NCCN1CC(c1ccccc1)c1ccccc1. The monoisotopic (exact) mass is 395 g/mol. The first-order valence-electron chi connectivity index (χ1n) is 10.1. The predicted octanol–water partition coefficient (Wildman–Crippen LogP) is 1.77. The van der Waals surface area contributed by atoms with Gasteiger partial charge in [-0.15, -0.1) is 0 Å². The van der Waals surface area contributed by atoms with E-state index in [0.717, 1.165) is 6.54 Å². The van der Waals surface area contributed by atoms with Gasteiger partial charge in [-0.25, -0.2) is 0 Å². The minimum Gasteiger partial charge on any atom is -0.383 e. The fraction of sp³-hybridized carbons (Fsp3) is 0.391. The van der Waals surface area contributed by atoms with Crippen LogP contribution in [0.4, 0.5) is 0 Å². The maximum atomic E-state index is 12.6. The molecule has 0 bridgehead atoms. The number of rotatable bonds is 9. The van der Waals surface area contributed by atoms with Crippen molar-refractivity contribution in [1.82, 2.24) is 15.5 Å². The summed E-state index contributed by atoms with van der Waals surface area (Å²) in [5.41, 5.74) is 2.40. The van der Waals surface area contributed by atoms with Crippen molar-refractivity contribution in [2.45, 2.75) is 18.4 Å². The zero-order valence-electron chi connectivity index (χ0n) is 16.8. The fourth-order valence-corrected chi connectivity index (χ4v) is 3.75. The summed E-state index contributed by atoms with van der Waals surface area (Å²) in [5, 5.41) is 5.72. The number of benzene rings is 2. The maximum absolute atomic E-state index is 12.6. The molecule has 1 saturated heterocycles. The molecule has 0 aromatic heterocycles. The zero-order chi connectivity index (χ0) is 20.5. The lowest BCUT2D eigenvalue weighted by Crippen LogP contribution is -2.57. The summed E-state index contributed by atoms with van der Waals surface area (Å²) in [6.45, 7) is 2.89. The fourth-order valence-electron chi connectivity index (χ4n) is 3.75. The van der Waals surface area contributed by atoms with E-state index in [0.29, 0.717) is 26.2 Å². The quantitative estimate of drug-likeness (QED) is 0.635. The number of carbonyl (C=O) groups is 2. The van der Waals surface area contributed by atoms with Crippen molar-refractivity contribution in [3.05, 3.63) is 71.8 Å². The van der Waals surface area contributed by atoms with Gasteiger partial charge in [-0.3, -0.25) is 14.5 Å². The van der Waals surface area contributed by atoms with Crippen molar-refractivity contribution in [3.8, 4) is 0 Å². The summed E-state index contributed by atoms with van der Waals surface area (Å²) >= 11 is 0. The lowest BCUT2D eigenvalue weighted by atomic mass is 9.90. The summed E-state index contributed by atoms with van der Waals surface area (Å²) in [4.78, 5) is 27.0. The first-order chi connectivity index (χ1) is 14.2. The van der Waals surface area contributed by atoms with Gasteiger partial charge in [0.1, 0.15) is 0 Å². The Labute approximate surface area is 172 Å². The molecule has 6 heteroatoms. The molecule has 1 fully saturated rings. The minimum absolute atomic E-state index is 0.0852. The van der Waals surface area contributed by atoms with Gasteiger partial charge in [-0.2, -0.15) is 0 Å². The van der Waals surface area contributed by atoms with Gasteiger partial charge in [0.2, 0.25) is 11.8 Å². The molecule has 0 saturated carbocycles. The highest BCUT2D eigenvalue weighted by atomic mass is 16.5. The normalized spacial score (nSPS) is 17.2. The maximum Gasteiger partial charge on any atom is 0.237 e. The molecular weight excluding hydrogens is 366 g/mol. The van der Waals surface area contributed by atoms with Crippen LogP contribution in [-0.2, 0) is 14.3 Å². The van der Waals surface area contributed by atoms with E-state index in [-0.39, 0.29) is 24.2 Å². The molecule has 1 heterocycles. The highest BCUT2D eigenvalue weighted by Crippen LogP contribution is 2.27. The largest absolute Gasteiger partial charge is 0.383 e. The van der Waals surface area contributed by atoms with Crippen LogP contribution in [0.3, 0.4) is 0 Å². The second kappa shape index (κ2) is 10.7. The van der Waals surface area contributed by atoms with Gasteiger partial charge in [0.15, 0.2) is 0 Å². The van der Waals surface area contributed by atoms with E-state index >= 15 is 0 Å². The van der Waals surface area contributed by atoms with Crippen molar-refractivity contribution < 1.29 is 14.3 Å². The predicted molar refractivity (Wildman–Crippen MR) is 113 cm³/mol. The highest BCUT2D eigenvalue weighted by Gasteiger charge is 2.33. The lowest BCUT2D eigenvalue weighted by Gasteiger charge is -2.37. The first kappa shape index (κ1) is 21.0. The number of piperazine rings is 1. The van der Waals surface area contributed by atoms with Gasteiger partial charge in [0.25, 0.3) is 0 Å². The number of ether oxygens (including phenoxy) is 1. The van der Waals surface area contributed by atoms with E-state index in [1.165, 1.54) is 11.1 Å². The van der Waals surface area contributed by atoms with Crippen LogP contribution in [0, 0.1) is 0 Å². The van der Waals surface area contributed by atoms with E-state index in [2.05, 4.69) is 39.8 Å². The average molecular weight is 396 g/mol. The molecule has 29 heavy (non-hydrogen) atoms. The number of methoxy groups -OCH3 is 1. The Morgan fingerprint density at radius 1 is 1.14 bits per heavy atom. The number of hydrogen-bond acceptors (Lipinski definition) is 4. The number of nitrogens with zero attached hydrogens (tertiary/aromatic N) is 1. The standard InChI is InChI=1S/C23H29N3O3/c1-29-15-13-24-22(27)16-21-23(28)25-12-14-26(21)17-20(18-8-4-2-5-9-18)19-10-6-3-7-11-19/h2-11,20-21H,12-17H2,1H3,(H,24,27)(H,25,28). The first-order valence-corrected chi connectivity index (χ1v) is 10.1. The van der Waals surface area contributed by atoms with Crippen LogP contribution in [0.25, 0.3) is 0 Å². The molecule has 6 nitrogen and oxygen atoms in total. The van der Waals surface area contributed by atoms with E-state index in [4.69, 9.17) is 4.74 Å². The van der Waals surface area contributed by atoms with Crippen LogP contribution in [0.5, 0.6) is 0 Å². The lowest BCUT2D eigenvalue weighted by molar-refractivity contribution is -0.134. The third-order valence-corrected chi connectivity index (χ3v) is 5.27. The summed E-state index contributed by atoms with van der Waals surface area (Å²) in [7, 11) is 1.59. The van der Waals surface area contributed by atoms with Crippen LogP contribution in [-0.4, -0.2) is 62.7 Å². The van der Waals surface area contributed by atoms with Crippen molar-refractivity contribution >= 4 is 11.8 Å². The number of amides is 2. The van der Waals surface area contributed by atoms with Gasteiger partial charge >= 0.3 is 0 Å². The van der Waals surface area contributed by atoms with Gasteiger partial charge < -0.3 is 15.4 Å². The van der Waals surface area contributed by atoms with Crippen LogP contribution in [0.2, 0.25) is 0 Å². The smallest absolute Gasteiger partial charge is 0.237 e. The van der Waals surface area contributed by atoms with Gasteiger partial charge in [-0.05, 0) is 11.1 Å². The summed E-state index contributed by atoms with van der Waals surface area (Å²) < 4.78 is 4.97. The van der Waals surface area contributed by atoms with Gasteiger partial charge in [0, 0.05) is 39.2 Å². The van der Waals surface area contributed by atoms with E-state index < -0.39 is 6.04 Å². The average Bonchev–Trinajstić information content (AvgIpc) is 2.75. The molecule has 2 aromatic carbocycles. The molecule has 2 aromatic rings. The van der Waals surface area contributed by atoms with Crippen molar-refractivity contribution in [3.63, 3.8) is 0 Å². The van der Waals surface area contributed by atoms with E-state index in [1.54, 1.807) is 7.11 Å². The highest BCUT2D eigenvalue weighted by molar-refractivity contribution is 5.88. The molecule has 3 rings (SSSR count). The summed E-state index contributed by atoms with van der Waals surface area (Å²) in [5.74, 6) is -0.0922. The Morgan fingerprint density at radius 2 is 1.76 bits per heavy atom. The number of carbonyl (C=O) groups excluding carboxylic acids is 2. The molecule has 0 aliphatic carbocycles. The van der Waals surface area contributed by atoms with Gasteiger partial charge in [0.05, 0.1) is 19.1 Å². The number of hydrogen-bond donors (Lipinski definition) is 2. The van der Waals surface area contributed by atoms with Crippen LogP contribution in [0.15, 0.2) is 60.7 Å². The summed E-state index contributed by atoms with van der Waals surface area (Å²) in [6, 6.07) is 20.2. The van der Waals surface area contributed by atoms with Crippen LogP contribution >= 0.6 is 0 Å². The molecule has 0 radical (unpaired) electrons. The van der Waals surface area contributed by atoms with Crippen molar-refractivity contribution in [2.24, 2.45) is 0 Å². The van der Waals surface area contributed by atoms with Crippen LogP contribution < -0.4 is 10.6 Å². The Hall–Kier alpha value is -2.70. The number of nitrogens with one attached hydrogen (secondary N) is 2. The second-order valence-corrected chi connectivity index (χ2v) is 7.22. The van der Waals surface area contributed by atoms with E-state index in [9.17, 15) is 9.59 Å². The van der Waals surface area contributed by atoms with Crippen molar-refractivity contribution in [2.75, 3.05) is 39.9 Å². The third-order valence-electron chi connectivity index (χ3n) is 5.27. The van der Waals surface area contributed by atoms with Crippen molar-refractivity contribution in [1.29, 1.82) is 0 Å². The van der Waals surface area contributed by atoms with Gasteiger partial charge in [-0.1, -0.05) is 60.7 Å². The topological polar surface area (TPSA) is 70.7 Å². The molecule has 2 amide bonds. The molecule has 0 spiro atoms. The van der Waals surface area contributed by atoms with Crippen LogP contribution in [0.1, 0.15) is 23.5 Å². The Morgan fingerprint density at radius 3 is 2.34 bits per heavy atom. The Kier molecular flexibility index (Phi) is 7.78. The Balaban J connectivity index is 1.77. The molecule has 154 valence electrons. The molecule has 1 aliphatic rings. The Bertz CT molecular complexity index is 743. The minimum atomic E-state index is -0.471. The zero-order valence-corrected chi connectivity index (χ0v) is 16.8. The second-order valence-electron chi connectivity index (χ2n) is 7.22. The van der Waals surface area contributed by atoms with E-state index in [1.807, 2.05) is 36.4 Å². The molecular formula is C23H29N3O3. The summed E-state index contributed by atoms with van der Waals surface area (Å²) in [6.07, 6.45) is 0.145. The molecule has 2 N–H and O–H groups in total. The molecule has 1 atom stereocenters. The third kappa shape index (κ3) is 5.89. The molecule has 1 unspecified atom stereocenters.